The Hall–Kier alpha value is -3.31. The number of aryl methyl sites for hydroxylation is 1. The first-order chi connectivity index (χ1) is 14.6. The number of rotatable bonds is 7. The summed E-state index contributed by atoms with van der Waals surface area (Å²) in [5.41, 5.74) is 4.94. The van der Waals surface area contributed by atoms with Gasteiger partial charge in [-0.2, -0.15) is 0 Å². The molecule has 31 heavy (non-hydrogen) atoms. The van der Waals surface area contributed by atoms with Crippen molar-refractivity contribution >= 4 is 29.1 Å². The van der Waals surface area contributed by atoms with E-state index < -0.39 is 0 Å². The molecule has 4 aromatic rings. The number of benzene rings is 3. The van der Waals surface area contributed by atoms with Gasteiger partial charge < -0.3 is 23.9 Å². The van der Waals surface area contributed by atoms with Crippen molar-refractivity contribution < 1.29 is 18.6 Å². The topological polar surface area (TPSA) is 52.9 Å². The minimum atomic E-state index is 0. The van der Waals surface area contributed by atoms with Crippen LogP contribution in [0, 0.1) is 6.92 Å². The third kappa shape index (κ3) is 4.42. The lowest BCUT2D eigenvalue weighted by Crippen LogP contribution is -2.03. The molecule has 0 radical (unpaired) electrons. The Morgan fingerprint density at radius 1 is 0.839 bits per heavy atom. The van der Waals surface area contributed by atoms with E-state index in [1.165, 1.54) is 0 Å². The SMILES string of the molecule is COc1ccc(NCc2cc3oc(C)c(-c4ccccc4)c3cc2OC)c(OC)c1.Cl. The van der Waals surface area contributed by atoms with Crippen LogP contribution in [0.25, 0.3) is 22.1 Å². The Morgan fingerprint density at radius 3 is 2.26 bits per heavy atom. The molecule has 0 aliphatic carbocycles. The van der Waals surface area contributed by atoms with Crippen molar-refractivity contribution in [1.29, 1.82) is 0 Å². The zero-order valence-corrected chi connectivity index (χ0v) is 18.8. The molecule has 4 rings (SSSR count). The highest BCUT2D eigenvalue weighted by molar-refractivity contribution is 5.97. The first-order valence-corrected chi connectivity index (χ1v) is 9.76. The van der Waals surface area contributed by atoms with Crippen molar-refractivity contribution in [3.05, 3.63) is 72.0 Å². The van der Waals surface area contributed by atoms with Crippen molar-refractivity contribution in [2.24, 2.45) is 0 Å². The molecular formula is C25H26ClNO4. The fourth-order valence-electron chi connectivity index (χ4n) is 3.71. The smallest absolute Gasteiger partial charge is 0.145 e. The minimum absolute atomic E-state index is 0. The number of methoxy groups -OCH3 is 3. The molecule has 0 spiro atoms. The molecule has 1 heterocycles. The number of fused-ring (bicyclic) bond motifs is 1. The number of hydrogen-bond acceptors (Lipinski definition) is 5. The van der Waals surface area contributed by atoms with Crippen LogP contribution in [0.15, 0.2) is 65.1 Å². The fraction of sp³-hybridized carbons (Fsp3) is 0.200. The molecule has 0 aliphatic heterocycles. The van der Waals surface area contributed by atoms with E-state index in [1.54, 1.807) is 21.3 Å². The van der Waals surface area contributed by atoms with Gasteiger partial charge in [0.25, 0.3) is 0 Å². The van der Waals surface area contributed by atoms with Crippen LogP contribution in [0.4, 0.5) is 5.69 Å². The summed E-state index contributed by atoms with van der Waals surface area (Å²) >= 11 is 0. The number of anilines is 1. The second-order valence-corrected chi connectivity index (χ2v) is 6.98. The molecule has 5 nitrogen and oxygen atoms in total. The predicted molar refractivity (Wildman–Crippen MR) is 127 cm³/mol. The summed E-state index contributed by atoms with van der Waals surface area (Å²) < 4.78 is 22.5. The monoisotopic (exact) mass is 439 g/mol. The van der Waals surface area contributed by atoms with E-state index in [1.807, 2.05) is 49.4 Å². The molecule has 162 valence electrons. The Bertz CT molecular complexity index is 1170. The third-order valence-corrected chi connectivity index (χ3v) is 5.21. The first-order valence-electron chi connectivity index (χ1n) is 9.76. The Kier molecular flexibility index (Phi) is 6.98. The highest BCUT2D eigenvalue weighted by atomic mass is 35.5. The zero-order chi connectivity index (χ0) is 21.1. The van der Waals surface area contributed by atoms with Crippen molar-refractivity contribution in [3.8, 4) is 28.4 Å². The number of halogens is 1. The molecular weight excluding hydrogens is 414 g/mol. The van der Waals surface area contributed by atoms with Gasteiger partial charge in [-0.1, -0.05) is 30.3 Å². The molecule has 6 heteroatoms. The maximum absolute atomic E-state index is 6.10. The quantitative estimate of drug-likeness (QED) is 0.357. The summed E-state index contributed by atoms with van der Waals surface area (Å²) in [7, 11) is 4.97. The van der Waals surface area contributed by atoms with Crippen LogP contribution >= 0.6 is 12.4 Å². The van der Waals surface area contributed by atoms with E-state index in [-0.39, 0.29) is 12.4 Å². The summed E-state index contributed by atoms with van der Waals surface area (Å²) in [5.74, 6) is 3.16. The van der Waals surface area contributed by atoms with E-state index >= 15 is 0 Å². The van der Waals surface area contributed by atoms with Crippen molar-refractivity contribution in [1.82, 2.24) is 0 Å². The molecule has 0 saturated heterocycles. The predicted octanol–water partition coefficient (Wildman–Crippen LogP) is 6.47. The molecule has 1 aromatic heterocycles. The van der Waals surface area contributed by atoms with Gasteiger partial charge in [-0.05, 0) is 36.8 Å². The number of ether oxygens (including phenoxy) is 3. The molecule has 0 aliphatic rings. The number of nitrogens with one attached hydrogen (secondary N) is 1. The lowest BCUT2D eigenvalue weighted by Gasteiger charge is -2.14. The van der Waals surface area contributed by atoms with Crippen molar-refractivity contribution in [2.75, 3.05) is 26.6 Å². The van der Waals surface area contributed by atoms with Crippen molar-refractivity contribution in [3.63, 3.8) is 0 Å². The standard InChI is InChI=1S/C25H25NO4.ClH/c1-16-25(17-8-6-5-7-9-17)20-14-22(28-3)18(12-23(20)30-16)15-26-21-11-10-19(27-2)13-24(21)29-4;/h5-14,26H,15H2,1-4H3;1H. The second kappa shape index (κ2) is 9.67. The van der Waals surface area contributed by atoms with Gasteiger partial charge >= 0.3 is 0 Å². The summed E-state index contributed by atoms with van der Waals surface area (Å²) in [6, 6.07) is 20.0. The van der Waals surface area contributed by atoms with E-state index in [4.69, 9.17) is 18.6 Å². The average Bonchev–Trinajstić information content (AvgIpc) is 3.11. The van der Waals surface area contributed by atoms with Crippen LogP contribution in [-0.4, -0.2) is 21.3 Å². The van der Waals surface area contributed by atoms with Crippen LogP contribution in [0.3, 0.4) is 0 Å². The summed E-state index contributed by atoms with van der Waals surface area (Å²) in [6.45, 7) is 2.55. The van der Waals surface area contributed by atoms with Gasteiger partial charge in [-0.15, -0.1) is 12.4 Å². The van der Waals surface area contributed by atoms with Crippen LogP contribution in [0.2, 0.25) is 0 Å². The van der Waals surface area contributed by atoms with Gasteiger partial charge in [0.05, 0.1) is 27.0 Å². The molecule has 0 saturated carbocycles. The summed E-state index contributed by atoms with van der Waals surface area (Å²) in [6.07, 6.45) is 0. The minimum Gasteiger partial charge on any atom is -0.497 e. The Labute approximate surface area is 188 Å². The summed E-state index contributed by atoms with van der Waals surface area (Å²) in [4.78, 5) is 0. The van der Waals surface area contributed by atoms with Crippen molar-refractivity contribution in [2.45, 2.75) is 13.5 Å². The van der Waals surface area contributed by atoms with Gasteiger partial charge in [0.1, 0.15) is 28.6 Å². The number of hydrogen-bond donors (Lipinski definition) is 1. The lowest BCUT2D eigenvalue weighted by atomic mass is 10.0. The Morgan fingerprint density at radius 2 is 1.58 bits per heavy atom. The van der Waals surface area contributed by atoms with Gasteiger partial charge in [-0.25, -0.2) is 0 Å². The van der Waals surface area contributed by atoms with Crippen LogP contribution in [0.1, 0.15) is 11.3 Å². The first kappa shape index (κ1) is 22.4. The second-order valence-electron chi connectivity index (χ2n) is 6.98. The maximum Gasteiger partial charge on any atom is 0.145 e. The van der Waals surface area contributed by atoms with E-state index in [9.17, 15) is 0 Å². The van der Waals surface area contributed by atoms with Gasteiger partial charge in [0.2, 0.25) is 0 Å². The largest absolute Gasteiger partial charge is 0.497 e. The fourth-order valence-corrected chi connectivity index (χ4v) is 3.71. The molecule has 0 atom stereocenters. The summed E-state index contributed by atoms with van der Waals surface area (Å²) in [5, 5.41) is 4.46. The molecule has 0 unspecified atom stereocenters. The normalized spacial score (nSPS) is 10.5. The van der Waals surface area contributed by atoms with E-state index in [2.05, 4.69) is 23.5 Å². The lowest BCUT2D eigenvalue weighted by molar-refractivity contribution is 0.395. The van der Waals surface area contributed by atoms with Crippen LogP contribution in [-0.2, 0) is 6.54 Å². The zero-order valence-electron chi connectivity index (χ0n) is 18.0. The van der Waals surface area contributed by atoms with Gasteiger partial charge in [-0.3, -0.25) is 0 Å². The molecule has 3 aromatic carbocycles. The highest BCUT2D eigenvalue weighted by Gasteiger charge is 2.17. The van der Waals surface area contributed by atoms with Gasteiger partial charge in [0, 0.05) is 29.1 Å². The van der Waals surface area contributed by atoms with E-state index in [0.717, 1.165) is 56.4 Å². The average molecular weight is 440 g/mol. The third-order valence-electron chi connectivity index (χ3n) is 5.21. The van der Waals surface area contributed by atoms with Crippen LogP contribution < -0.4 is 19.5 Å². The molecule has 0 amide bonds. The van der Waals surface area contributed by atoms with Gasteiger partial charge in [0.15, 0.2) is 0 Å². The van der Waals surface area contributed by atoms with E-state index in [0.29, 0.717) is 6.54 Å². The Balaban J connectivity index is 0.00000272. The number of furan rings is 1. The molecule has 0 bridgehead atoms. The van der Waals surface area contributed by atoms with Crippen LogP contribution in [0.5, 0.6) is 17.2 Å². The molecule has 0 fully saturated rings. The maximum atomic E-state index is 6.10. The highest BCUT2D eigenvalue weighted by Crippen LogP contribution is 2.38. The molecule has 1 N–H and O–H groups in total.